The molecule has 6 nitrogen and oxygen atoms in total. The van der Waals surface area contributed by atoms with Crippen LogP contribution in [-0.2, 0) is 10.0 Å². The Hall–Kier alpha value is -2.25. The zero-order chi connectivity index (χ0) is 17.9. The molecular formula is C16H17ClN2O4S. The fraction of sp³-hybridized carbons (Fsp3) is 0.188. The van der Waals surface area contributed by atoms with Gasteiger partial charge in [0.2, 0.25) is 0 Å². The Morgan fingerprint density at radius 3 is 2.33 bits per heavy atom. The highest BCUT2D eigenvalue weighted by Crippen LogP contribution is 2.26. The average molecular weight is 369 g/mol. The molecule has 0 fully saturated rings. The number of anilines is 1. The van der Waals surface area contributed by atoms with Crippen LogP contribution < -0.4 is 14.4 Å². The van der Waals surface area contributed by atoms with Crippen LogP contribution in [0, 0.1) is 0 Å². The zero-order valence-corrected chi connectivity index (χ0v) is 15.0. The van der Waals surface area contributed by atoms with Crippen LogP contribution in [0.25, 0.3) is 0 Å². The highest BCUT2D eigenvalue weighted by Gasteiger charge is 2.23. The number of methoxy groups -OCH3 is 1. The van der Waals surface area contributed by atoms with Crippen molar-refractivity contribution in [3.8, 4) is 5.75 Å². The monoisotopic (exact) mass is 368 g/mol. The van der Waals surface area contributed by atoms with Crippen molar-refractivity contribution in [1.29, 1.82) is 0 Å². The topological polar surface area (TPSA) is 75.7 Å². The van der Waals surface area contributed by atoms with E-state index in [1.165, 1.54) is 39.4 Å². The van der Waals surface area contributed by atoms with Crippen LogP contribution in [0.1, 0.15) is 10.4 Å². The first-order valence-electron chi connectivity index (χ1n) is 6.96. The maximum absolute atomic E-state index is 12.8. The quantitative estimate of drug-likeness (QED) is 0.879. The van der Waals surface area contributed by atoms with Gasteiger partial charge in [-0.3, -0.25) is 9.10 Å². The molecule has 24 heavy (non-hydrogen) atoms. The number of nitrogens with zero attached hydrogens (tertiary/aromatic N) is 1. The molecule has 0 bridgehead atoms. The van der Waals surface area contributed by atoms with Crippen molar-refractivity contribution in [3.05, 3.63) is 53.1 Å². The van der Waals surface area contributed by atoms with Gasteiger partial charge >= 0.3 is 0 Å². The molecule has 0 unspecified atom stereocenters. The Balaban J connectivity index is 2.43. The van der Waals surface area contributed by atoms with Gasteiger partial charge in [0, 0.05) is 14.1 Å². The number of ether oxygens (including phenoxy) is 1. The Kier molecular flexibility index (Phi) is 5.36. The minimum absolute atomic E-state index is 0.0242. The molecule has 0 aliphatic carbocycles. The van der Waals surface area contributed by atoms with Gasteiger partial charge in [-0.05, 0) is 42.5 Å². The summed E-state index contributed by atoms with van der Waals surface area (Å²) < 4.78 is 31.8. The molecule has 0 aromatic heterocycles. The van der Waals surface area contributed by atoms with E-state index >= 15 is 0 Å². The minimum Gasteiger partial charge on any atom is -0.497 e. The molecule has 0 saturated heterocycles. The number of sulfonamides is 1. The number of hydrogen-bond acceptors (Lipinski definition) is 4. The summed E-state index contributed by atoms with van der Waals surface area (Å²) in [6.07, 6.45) is 0. The molecule has 0 aliphatic heterocycles. The molecule has 0 atom stereocenters. The van der Waals surface area contributed by atoms with E-state index in [9.17, 15) is 13.2 Å². The lowest BCUT2D eigenvalue weighted by atomic mass is 10.2. The number of carbonyl (C=O) groups is 1. The summed E-state index contributed by atoms with van der Waals surface area (Å²) >= 11 is 5.97. The van der Waals surface area contributed by atoms with E-state index in [0.717, 1.165) is 4.31 Å². The Bertz CT molecular complexity index is 851. The van der Waals surface area contributed by atoms with E-state index in [4.69, 9.17) is 16.3 Å². The predicted molar refractivity (Wildman–Crippen MR) is 93.4 cm³/mol. The Morgan fingerprint density at radius 2 is 1.79 bits per heavy atom. The third kappa shape index (κ3) is 3.47. The fourth-order valence-corrected chi connectivity index (χ4v) is 3.49. The second-order valence-electron chi connectivity index (χ2n) is 4.89. The number of carbonyl (C=O) groups excluding carboxylic acids is 1. The van der Waals surface area contributed by atoms with E-state index in [-0.39, 0.29) is 15.5 Å². The molecule has 2 aromatic rings. The van der Waals surface area contributed by atoms with Crippen molar-refractivity contribution >= 4 is 33.2 Å². The van der Waals surface area contributed by atoms with Crippen LogP contribution in [-0.4, -0.2) is 35.5 Å². The van der Waals surface area contributed by atoms with E-state index in [1.54, 1.807) is 24.3 Å². The summed E-state index contributed by atoms with van der Waals surface area (Å²) in [7, 11) is 0.576. The number of halogens is 1. The average Bonchev–Trinajstić information content (AvgIpc) is 2.60. The molecule has 128 valence electrons. The second kappa shape index (κ2) is 7.11. The molecule has 0 radical (unpaired) electrons. The lowest BCUT2D eigenvalue weighted by Gasteiger charge is -2.20. The van der Waals surface area contributed by atoms with Gasteiger partial charge < -0.3 is 10.1 Å². The van der Waals surface area contributed by atoms with Crippen LogP contribution >= 0.6 is 11.6 Å². The van der Waals surface area contributed by atoms with Gasteiger partial charge in [-0.1, -0.05) is 11.6 Å². The van der Waals surface area contributed by atoms with Gasteiger partial charge in [-0.15, -0.1) is 0 Å². The minimum atomic E-state index is -3.84. The summed E-state index contributed by atoms with van der Waals surface area (Å²) in [6.45, 7) is 0. The first-order valence-corrected chi connectivity index (χ1v) is 8.77. The van der Waals surface area contributed by atoms with Crippen molar-refractivity contribution in [2.75, 3.05) is 25.5 Å². The third-order valence-corrected chi connectivity index (χ3v) is 5.62. The van der Waals surface area contributed by atoms with Gasteiger partial charge in [-0.25, -0.2) is 8.42 Å². The van der Waals surface area contributed by atoms with Crippen LogP contribution in [0.5, 0.6) is 5.75 Å². The molecule has 2 rings (SSSR count). The molecule has 2 aromatic carbocycles. The molecule has 8 heteroatoms. The maximum Gasteiger partial charge on any atom is 0.264 e. The van der Waals surface area contributed by atoms with Crippen molar-refractivity contribution in [1.82, 2.24) is 5.32 Å². The van der Waals surface area contributed by atoms with Crippen LogP contribution in [0.15, 0.2) is 47.4 Å². The molecule has 1 amide bonds. The van der Waals surface area contributed by atoms with E-state index in [0.29, 0.717) is 11.4 Å². The van der Waals surface area contributed by atoms with E-state index < -0.39 is 15.9 Å². The molecule has 0 spiro atoms. The first-order chi connectivity index (χ1) is 11.3. The molecule has 0 saturated carbocycles. The highest BCUT2D eigenvalue weighted by molar-refractivity contribution is 7.92. The van der Waals surface area contributed by atoms with Crippen molar-refractivity contribution < 1.29 is 17.9 Å². The first kappa shape index (κ1) is 18.1. The fourth-order valence-electron chi connectivity index (χ4n) is 2.06. The van der Waals surface area contributed by atoms with Gasteiger partial charge in [0.1, 0.15) is 5.75 Å². The molecular weight excluding hydrogens is 352 g/mol. The smallest absolute Gasteiger partial charge is 0.264 e. The van der Waals surface area contributed by atoms with Gasteiger partial charge in [0.15, 0.2) is 0 Å². The SMILES string of the molecule is CNC(=O)c1cc(S(=O)(=O)N(C)c2ccc(OC)cc2)ccc1Cl. The Labute approximate surface area is 146 Å². The van der Waals surface area contributed by atoms with Crippen molar-refractivity contribution in [2.24, 2.45) is 0 Å². The van der Waals surface area contributed by atoms with Crippen molar-refractivity contribution in [2.45, 2.75) is 4.90 Å². The molecule has 1 N–H and O–H groups in total. The second-order valence-corrected chi connectivity index (χ2v) is 7.27. The molecule has 0 heterocycles. The summed E-state index contributed by atoms with van der Waals surface area (Å²) in [5, 5.41) is 2.61. The zero-order valence-electron chi connectivity index (χ0n) is 13.4. The molecule has 0 aliphatic rings. The summed E-state index contributed by atoms with van der Waals surface area (Å²) in [4.78, 5) is 11.8. The van der Waals surface area contributed by atoms with E-state index in [2.05, 4.69) is 5.32 Å². The van der Waals surface area contributed by atoms with Gasteiger partial charge in [-0.2, -0.15) is 0 Å². The standard InChI is InChI=1S/C16H17ClN2O4S/c1-18-16(20)14-10-13(8-9-15(14)17)24(21,22)19(2)11-4-6-12(23-3)7-5-11/h4-10H,1-3H3,(H,18,20). The maximum atomic E-state index is 12.8. The third-order valence-electron chi connectivity index (χ3n) is 3.50. The number of rotatable bonds is 5. The van der Waals surface area contributed by atoms with Gasteiger partial charge in [0.25, 0.3) is 15.9 Å². The lowest BCUT2D eigenvalue weighted by molar-refractivity contribution is 0.0963. The lowest BCUT2D eigenvalue weighted by Crippen LogP contribution is -2.27. The van der Waals surface area contributed by atoms with Crippen molar-refractivity contribution in [3.63, 3.8) is 0 Å². The number of amides is 1. The number of nitrogens with one attached hydrogen (secondary N) is 1. The normalized spacial score (nSPS) is 11.0. The summed E-state index contributed by atoms with van der Waals surface area (Å²) in [5.41, 5.74) is 0.565. The van der Waals surface area contributed by atoms with E-state index in [1.807, 2.05) is 0 Å². The predicted octanol–water partition coefficient (Wildman–Crippen LogP) is 2.53. The number of benzene rings is 2. The van der Waals surface area contributed by atoms with Crippen LogP contribution in [0.3, 0.4) is 0 Å². The number of hydrogen-bond donors (Lipinski definition) is 1. The summed E-state index contributed by atoms with van der Waals surface area (Å²) in [5.74, 6) is 0.169. The highest BCUT2D eigenvalue weighted by atomic mass is 35.5. The Morgan fingerprint density at radius 1 is 1.17 bits per heavy atom. The van der Waals surface area contributed by atoms with Crippen LogP contribution in [0.2, 0.25) is 5.02 Å². The van der Waals surface area contributed by atoms with Gasteiger partial charge in [0.05, 0.1) is 28.3 Å². The summed E-state index contributed by atoms with van der Waals surface area (Å²) in [6, 6.07) is 10.6. The van der Waals surface area contributed by atoms with Crippen LogP contribution in [0.4, 0.5) is 5.69 Å². The largest absolute Gasteiger partial charge is 0.497 e.